The fraction of sp³-hybridized carbons (Fsp3) is 0.0714. The van der Waals surface area contributed by atoms with E-state index in [0.29, 0.717) is 11.3 Å². The predicted octanol–water partition coefficient (Wildman–Crippen LogP) is 3.27. The molecule has 2 N–H and O–H groups in total. The topological polar surface area (TPSA) is 79.3 Å². The third-order valence-electron chi connectivity index (χ3n) is 2.63. The van der Waals surface area contributed by atoms with Crippen molar-refractivity contribution in [2.24, 2.45) is 0 Å². The first-order valence-electron chi connectivity index (χ1n) is 5.90. The van der Waals surface area contributed by atoms with Gasteiger partial charge in [-0.25, -0.2) is 4.98 Å². The molecule has 1 amide bonds. The SMILES string of the molecule is O=C(O)Cc1ccccc1NC(=O)c1cc(Cl)nc(Cl)c1. The van der Waals surface area contributed by atoms with E-state index < -0.39 is 11.9 Å². The zero-order valence-electron chi connectivity index (χ0n) is 10.6. The van der Waals surface area contributed by atoms with Gasteiger partial charge < -0.3 is 10.4 Å². The smallest absolute Gasteiger partial charge is 0.307 e. The van der Waals surface area contributed by atoms with Crippen molar-refractivity contribution < 1.29 is 14.7 Å². The molecule has 0 saturated heterocycles. The van der Waals surface area contributed by atoms with Crippen LogP contribution < -0.4 is 5.32 Å². The number of hydrogen-bond acceptors (Lipinski definition) is 3. The molecular weight excluding hydrogens is 315 g/mol. The van der Waals surface area contributed by atoms with Crippen LogP contribution in [0, 0.1) is 0 Å². The quantitative estimate of drug-likeness (QED) is 0.846. The van der Waals surface area contributed by atoms with Gasteiger partial charge in [0.05, 0.1) is 6.42 Å². The summed E-state index contributed by atoms with van der Waals surface area (Å²) >= 11 is 11.5. The second-order valence-corrected chi connectivity index (χ2v) is 4.96. The molecule has 108 valence electrons. The van der Waals surface area contributed by atoms with E-state index in [1.165, 1.54) is 12.1 Å². The Bertz CT molecular complexity index is 684. The van der Waals surface area contributed by atoms with E-state index >= 15 is 0 Å². The molecule has 0 radical (unpaired) electrons. The van der Waals surface area contributed by atoms with Crippen LogP contribution in [-0.2, 0) is 11.2 Å². The number of carboxylic acid groups (broad SMARTS) is 1. The zero-order valence-corrected chi connectivity index (χ0v) is 12.1. The maximum atomic E-state index is 12.2. The summed E-state index contributed by atoms with van der Waals surface area (Å²) in [6.07, 6.45) is -0.186. The number of benzene rings is 1. The minimum atomic E-state index is -0.980. The molecule has 7 heteroatoms. The molecule has 0 bridgehead atoms. The van der Waals surface area contributed by atoms with Gasteiger partial charge >= 0.3 is 5.97 Å². The number of amides is 1. The van der Waals surface area contributed by atoms with Crippen LogP contribution in [0.15, 0.2) is 36.4 Å². The molecule has 0 atom stereocenters. The average Bonchev–Trinajstić information content (AvgIpc) is 2.39. The van der Waals surface area contributed by atoms with Gasteiger partial charge in [0.1, 0.15) is 10.3 Å². The van der Waals surface area contributed by atoms with Gasteiger partial charge in [0.2, 0.25) is 0 Å². The van der Waals surface area contributed by atoms with Gasteiger partial charge in [-0.15, -0.1) is 0 Å². The van der Waals surface area contributed by atoms with Gasteiger partial charge in [0.15, 0.2) is 0 Å². The van der Waals surface area contributed by atoms with Crippen molar-refractivity contribution in [2.75, 3.05) is 5.32 Å². The van der Waals surface area contributed by atoms with E-state index in [0.717, 1.165) is 0 Å². The molecule has 0 unspecified atom stereocenters. The molecule has 0 aliphatic heterocycles. The average molecular weight is 325 g/mol. The number of carbonyl (C=O) groups is 2. The summed E-state index contributed by atoms with van der Waals surface area (Å²) < 4.78 is 0. The van der Waals surface area contributed by atoms with Gasteiger partial charge in [0, 0.05) is 11.3 Å². The number of pyridine rings is 1. The van der Waals surface area contributed by atoms with E-state index in [1.54, 1.807) is 24.3 Å². The van der Waals surface area contributed by atoms with Crippen LogP contribution in [-0.4, -0.2) is 22.0 Å². The Labute approximate surface area is 130 Å². The first kappa shape index (κ1) is 15.3. The van der Waals surface area contributed by atoms with E-state index in [2.05, 4.69) is 10.3 Å². The minimum Gasteiger partial charge on any atom is -0.481 e. The van der Waals surface area contributed by atoms with Crippen molar-refractivity contribution >= 4 is 40.8 Å². The molecule has 2 aromatic rings. The predicted molar refractivity (Wildman–Crippen MR) is 80.0 cm³/mol. The second-order valence-electron chi connectivity index (χ2n) is 4.18. The van der Waals surface area contributed by atoms with E-state index in [1.807, 2.05) is 0 Å². The highest BCUT2D eigenvalue weighted by Crippen LogP contribution is 2.19. The van der Waals surface area contributed by atoms with Crippen LogP contribution in [0.2, 0.25) is 10.3 Å². The zero-order chi connectivity index (χ0) is 15.4. The fourth-order valence-electron chi connectivity index (χ4n) is 1.75. The molecule has 0 fully saturated rings. The molecule has 0 saturated carbocycles. The summed E-state index contributed by atoms with van der Waals surface area (Å²) in [5, 5.41) is 11.7. The molecule has 0 aliphatic rings. The van der Waals surface area contributed by atoms with E-state index in [-0.39, 0.29) is 22.3 Å². The van der Waals surface area contributed by atoms with Crippen LogP contribution in [0.4, 0.5) is 5.69 Å². The maximum absolute atomic E-state index is 12.2. The standard InChI is InChI=1S/C14H10Cl2N2O3/c15-11-5-9(6-12(16)18-11)14(21)17-10-4-2-1-3-8(10)7-13(19)20/h1-6H,7H2,(H,17,21)(H,19,20). The number of rotatable bonds is 4. The Morgan fingerprint density at radius 2 is 1.76 bits per heavy atom. The summed E-state index contributed by atoms with van der Waals surface area (Å²) in [5.74, 6) is -1.43. The van der Waals surface area contributed by atoms with Crippen LogP contribution in [0.3, 0.4) is 0 Å². The Kier molecular flexibility index (Phi) is 4.77. The van der Waals surface area contributed by atoms with Crippen LogP contribution in [0.5, 0.6) is 0 Å². The van der Waals surface area contributed by atoms with E-state index in [9.17, 15) is 9.59 Å². The number of para-hydroxylation sites is 1. The van der Waals surface area contributed by atoms with Crippen molar-refractivity contribution in [1.29, 1.82) is 0 Å². The molecule has 1 aromatic carbocycles. The number of hydrogen-bond donors (Lipinski definition) is 2. The van der Waals surface area contributed by atoms with Gasteiger partial charge in [-0.1, -0.05) is 41.4 Å². The maximum Gasteiger partial charge on any atom is 0.307 e. The highest BCUT2D eigenvalue weighted by molar-refractivity contribution is 6.33. The molecular formula is C14H10Cl2N2O3. The summed E-state index contributed by atoms with van der Waals surface area (Å²) in [6, 6.07) is 9.42. The monoisotopic (exact) mass is 324 g/mol. The minimum absolute atomic E-state index is 0.103. The summed E-state index contributed by atoms with van der Waals surface area (Å²) in [4.78, 5) is 26.7. The number of aromatic nitrogens is 1. The van der Waals surface area contributed by atoms with Gasteiger partial charge in [-0.05, 0) is 23.8 Å². The second kappa shape index (κ2) is 6.56. The van der Waals surface area contributed by atoms with Crippen molar-refractivity contribution in [3.8, 4) is 0 Å². The number of anilines is 1. The summed E-state index contributed by atoms with van der Waals surface area (Å²) in [6.45, 7) is 0. The Balaban J connectivity index is 2.25. The Hall–Kier alpha value is -2.11. The van der Waals surface area contributed by atoms with Crippen LogP contribution in [0.25, 0.3) is 0 Å². The van der Waals surface area contributed by atoms with Crippen molar-refractivity contribution in [1.82, 2.24) is 4.98 Å². The molecule has 5 nitrogen and oxygen atoms in total. The molecule has 21 heavy (non-hydrogen) atoms. The lowest BCUT2D eigenvalue weighted by molar-refractivity contribution is -0.136. The lowest BCUT2D eigenvalue weighted by Gasteiger charge is -2.10. The third-order valence-corrected chi connectivity index (χ3v) is 3.02. The van der Waals surface area contributed by atoms with Crippen molar-refractivity contribution in [3.63, 3.8) is 0 Å². The van der Waals surface area contributed by atoms with Gasteiger partial charge in [0.25, 0.3) is 5.91 Å². The number of halogens is 2. The number of carboxylic acids is 1. The van der Waals surface area contributed by atoms with Crippen molar-refractivity contribution in [3.05, 3.63) is 57.8 Å². The normalized spacial score (nSPS) is 10.2. The van der Waals surface area contributed by atoms with Crippen LogP contribution in [0.1, 0.15) is 15.9 Å². The summed E-state index contributed by atoms with van der Waals surface area (Å²) in [5.41, 5.74) is 1.17. The third kappa shape index (κ3) is 4.18. The molecule has 0 spiro atoms. The van der Waals surface area contributed by atoms with Crippen LogP contribution >= 0.6 is 23.2 Å². The molecule has 2 rings (SSSR count). The van der Waals surface area contributed by atoms with E-state index in [4.69, 9.17) is 28.3 Å². The molecule has 1 heterocycles. The van der Waals surface area contributed by atoms with Crippen molar-refractivity contribution in [2.45, 2.75) is 6.42 Å². The van der Waals surface area contributed by atoms with Gasteiger partial charge in [-0.3, -0.25) is 9.59 Å². The Morgan fingerprint density at radius 3 is 2.38 bits per heavy atom. The summed E-state index contributed by atoms with van der Waals surface area (Å²) in [7, 11) is 0. The first-order valence-corrected chi connectivity index (χ1v) is 6.65. The van der Waals surface area contributed by atoms with Gasteiger partial charge in [-0.2, -0.15) is 0 Å². The lowest BCUT2D eigenvalue weighted by Crippen LogP contribution is -2.14. The number of aliphatic carboxylic acids is 1. The molecule has 1 aromatic heterocycles. The highest BCUT2D eigenvalue weighted by Gasteiger charge is 2.12. The number of nitrogens with one attached hydrogen (secondary N) is 1. The Morgan fingerprint density at radius 1 is 1.14 bits per heavy atom. The largest absolute Gasteiger partial charge is 0.481 e. The fourth-order valence-corrected chi connectivity index (χ4v) is 2.21. The molecule has 0 aliphatic carbocycles. The first-order chi connectivity index (χ1) is 9.95. The lowest BCUT2D eigenvalue weighted by atomic mass is 10.1. The highest BCUT2D eigenvalue weighted by atomic mass is 35.5. The number of nitrogens with zero attached hydrogens (tertiary/aromatic N) is 1. The number of carbonyl (C=O) groups excluding carboxylic acids is 1.